The molecule has 0 bridgehead atoms. The molecule has 0 aliphatic rings. The highest BCUT2D eigenvalue weighted by Crippen LogP contribution is 2.15. The van der Waals surface area contributed by atoms with E-state index >= 15 is 0 Å². The third-order valence-corrected chi connectivity index (χ3v) is 5.11. The number of nitrogens with zero attached hydrogens (tertiary/aromatic N) is 2. The summed E-state index contributed by atoms with van der Waals surface area (Å²) in [6, 6.07) is 9.91. The Hall–Kier alpha value is -2.28. The summed E-state index contributed by atoms with van der Waals surface area (Å²) in [6.45, 7) is 6.19. The molecule has 2 aromatic rings. The fraction of sp³-hybridized carbons (Fsp3) is 0.421. The smallest absolute Gasteiger partial charge is 0.238 e. The Morgan fingerprint density at radius 2 is 1.92 bits per heavy atom. The van der Waals surface area contributed by atoms with Gasteiger partial charge in [-0.2, -0.15) is 0 Å². The van der Waals surface area contributed by atoms with Gasteiger partial charge in [0.1, 0.15) is 5.76 Å². The summed E-state index contributed by atoms with van der Waals surface area (Å²) in [6.07, 6.45) is 1.000. The molecule has 0 spiro atoms. The summed E-state index contributed by atoms with van der Waals surface area (Å²) in [7, 11) is 1.78. The van der Waals surface area contributed by atoms with Crippen molar-refractivity contribution in [2.45, 2.75) is 39.0 Å². The molecule has 1 aromatic heterocycles. The van der Waals surface area contributed by atoms with Crippen molar-refractivity contribution in [3.63, 3.8) is 0 Å². The largest absolute Gasteiger partial charge is 0.360 e. The molecule has 1 unspecified atom stereocenters. The molecule has 2 rings (SSSR count). The summed E-state index contributed by atoms with van der Waals surface area (Å²) >= 11 is 1.30. The lowest BCUT2D eigenvalue weighted by atomic mass is 10.1. The number of benzene rings is 1. The molecular formula is C19H25N3O3S. The number of rotatable bonds is 8. The normalized spacial score (nSPS) is 11.8. The lowest BCUT2D eigenvalue weighted by Gasteiger charge is -2.18. The third-order valence-electron chi connectivity index (χ3n) is 3.98. The van der Waals surface area contributed by atoms with E-state index in [0.717, 1.165) is 12.0 Å². The van der Waals surface area contributed by atoms with Gasteiger partial charge < -0.3 is 14.7 Å². The SMILES string of the molecule is CCc1ccc(CN(C)C(=O)CSC(C)C(=O)Nc2cc(C)on2)cc1. The maximum absolute atomic E-state index is 12.3. The number of aromatic nitrogens is 1. The van der Waals surface area contributed by atoms with Crippen molar-refractivity contribution in [1.29, 1.82) is 0 Å². The van der Waals surface area contributed by atoms with Crippen LogP contribution in [0, 0.1) is 6.92 Å². The van der Waals surface area contributed by atoms with Crippen LogP contribution in [0.1, 0.15) is 30.7 Å². The molecule has 0 aliphatic carbocycles. The lowest BCUT2D eigenvalue weighted by Crippen LogP contribution is -2.30. The van der Waals surface area contributed by atoms with Gasteiger partial charge in [-0.05, 0) is 31.4 Å². The Morgan fingerprint density at radius 1 is 1.27 bits per heavy atom. The van der Waals surface area contributed by atoms with E-state index in [4.69, 9.17) is 4.52 Å². The molecule has 6 nitrogen and oxygen atoms in total. The molecule has 7 heteroatoms. The van der Waals surface area contributed by atoms with Crippen molar-refractivity contribution in [3.05, 3.63) is 47.2 Å². The summed E-state index contributed by atoms with van der Waals surface area (Å²) in [5.41, 5.74) is 2.37. The Kier molecular flexibility index (Phi) is 7.26. The zero-order chi connectivity index (χ0) is 19.1. The highest BCUT2D eigenvalue weighted by atomic mass is 32.2. The summed E-state index contributed by atoms with van der Waals surface area (Å²) in [5.74, 6) is 1.05. The number of hydrogen-bond acceptors (Lipinski definition) is 5. The van der Waals surface area contributed by atoms with Crippen LogP contribution < -0.4 is 5.32 Å². The van der Waals surface area contributed by atoms with Crippen LogP contribution in [0.15, 0.2) is 34.9 Å². The van der Waals surface area contributed by atoms with Crippen LogP contribution in [0.2, 0.25) is 0 Å². The van der Waals surface area contributed by atoms with Crippen molar-refractivity contribution >= 4 is 29.4 Å². The highest BCUT2D eigenvalue weighted by molar-refractivity contribution is 8.01. The average Bonchev–Trinajstić information content (AvgIpc) is 3.04. The van der Waals surface area contributed by atoms with Gasteiger partial charge >= 0.3 is 0 Å². The molecule has 0 saturated carbocycles. The second kappa shape index (κ2) is 9.43. The van der Waals surface area contributed by atoms with E-state index in [0.29, 0.717) is 18.1 Å². The molecule has 26 heavy (non-hydrogen) atoms. The van der Waals surface area contributed by atoms with E-state index in [1.165, 1.54) is 17.3 Å². The zero-order valence-electron chi connectivity index (χ0n) is 15.6. The predicted molar refractivity (Wildman–Crippen MR) is 104 cm³/mol. The van der Waals surface area contributed by atoms with Crippen LogP contribution in [0.3, 0.4) is 0 Å². The van der Waals surface area contributed by atoms with Crippen LogP contribution in [-0.2, 0) is 22.6 Å². The summed E-state index contributed by atoms with van der Waals surface area (Å²) in [4.78, 5) is 26.1. The Balaban J connectivity index is 1.77. The molecule has 0 saturated heterocycles. The monoisotopic (exact) mass is 375 g/mol. The maximum atomic E-state index is 12.3. The minimum Gasteiger partial charge on any atom is -0.360 e. The fourth-order valence-electron chi connectivity index (χ4n) is 2.28. The minimum atomic E-state index is -0.367. The van der Waals surface area contributed by atoms with Crippen molar-refractivity contribution in [3.8, 4) is 0 Å². The summed E-state index contributed by atoms with van der Waals surface area (Å²) in [5, 5.41) is 6.04. The molecule has 1 heterocycles. The van der Waals surface area contributed by atoms with Gasteiger partial charge in [0, 0.05) is 19.7 Å². The van der Waals surface area contributed by atoms with Crippen LogP contribution in [0.5, 0.6) is 0 Å². The van der Waals surface area contributed by atoms with Gasteiger partial charge in [-0.1, -0.05) is 36.3 Å². The predicted octanol–water partition coefficient (Wildman–Crippen LogP) is 3.26. The molecule has 1 atom stereocenters. The standard InChI is InChI=1S/C19H25N3O3S/c1-5-15-6-8-16(9-7-15)11-22(4)18(23)12-26-14(3)19(24)20-17-10-13(2)25-21-17/h6-10,14H,5,11-12H2,1-4H3,(H,20,21,24). The second-order valence-corrected chi connectivity index (χ2v) is 7.51. The zero-order valence-corrected chi connectivity index (χ0v) is 16.4. The van der Waals surface area contributed by atoms with Gasteiger partial charge in [0.15, 0.2) is 5.82 Å². The van der Waals surface area contributed by atoms with Crippen LogP contribution in [0.4, 0.5) is 5.82 Å². The topological polar surface area (TPSA) is 75.4 Å². The van der Waals surface area contributed by atoms with Gasteiger partial charge in [-0.15, -0.1) is 11.8 Å². The minimum absolute atomic E-state index is 0.00787. The molecule has 0 radical (unpaired) electrons. The molecular weight excluding hydrogens is 350 g/mol. The van der Waals surface area contributed by atoms with Crippen LogP contribution in [-0.4, -0.2) is 39.9 Å². The Morgan fingerprint density at radius 3 is 2.50 bits per heavy atom. The maximum Gasteiger partial charge on any atom is 0.238 e. The van der Waals surface area contributed by atoms with Crippen molar-refractivity contribution in [2.24, 2.45) is 0 Å². The van der Waals surface area contributed by atoms with E-state index in [1.807, 2.05) is 12.1 Å². The first kappa shape index (κ1) is 20.0. The van der Waals surface area contributed by atoms with Crippen molar-refractivity contribution in [2.75, 3.05) is 18.1 Å². The Bertz CT molecular complexity index is 743. The molecule has 2 amide bonds. The van der Waals surface area contributed by atoms with E-state index in [-0.39, 0.29) is 22.8 Å². The van der Waals surface area contributed by atoms with E-state index < -0.39 is 0 Å². The first-order chi connectivity index (χ1) is 12.4. The van der Waals surface area contributed by atoms with E-state index in [9.17, 15) is 9.59 Å². The quantitative estimate of drug-likeness (QED) is 0.766. The lowest BCUT2D eigenvalue weighted by molar-refractivity contribution is -0.127. The van der Waals surface area contributed by atoms with Gasteiger partial charge in [-0.3, -0.25) is 9.59 Å². The van der Waals surface area contributed by atoms with Gasteiger partial charge in [0.05, 0.1) is 11.0 Å². The van der Waals surface area contributed by atoms with Crippen LogP contribution in [0.25, 0.3) is 0 Å². The molecule has 0 aliphatic heterocycles. The van der Waals surface area contributed by atoms with Crippen molar-refractivity contribution < 1.29 is 14.1 Å². The number of nitrogens with one attached hydrogen (secondary N) is 1. The van der Waals surface area contributed by atoms with Crippen LogP contribution >= 0.6 is 11.8 Å². The Labute approximate surface area is 158 Å². The number of aryl methyl sites for hydroxylation is 2. The van der Waals surface area contributed by atoms with Gasteiger partial charge in [0.25, 0.3) is 0 Å². The first-order valence-corrected chi connectivity index (χ1v) is 9.61. The summed E-state index contributed by atoms with van der Waals surface area (Å²) < 4.78 is 4.91. The molecule has 140 valence electrons. The average molecular weight is 375 g/mol. The number of hydrogen-bond donors (Lipinski definition) is 1. The number of carbonyl (C=O) groups is 2. The van der Waals surface area contributed by atoms with E-state index in [1.54, 1.807) is 31.9 Å². The number of carbonyl (C=O) groups excluding carboxylic acids is 2. The number of anilines is 1. The third kappa shape index (κ3) is 5.91. The molecule has 1 N–H and O–H groups in total. The number of amides is 2. The molecule has 1 aromatic carbocycles. The van der Waals surface area contributed by atoms with E-state index in [2.05, 4.69) is 29.5 Å². The number of thioether (sulfide) groups is 1. The van der Waals surface area contributed by atoms with Gasteiger partial charge in [-0.25, -0.2) is 0 Å². The fourth-order valence-corrected chi connectivity index (χ4v) is 3.10. The van der Waals surface area contributed by atoms with Crippen molar-refractivity contribution in [1.82, 2.24) is 10.1 Å². The van der Waals surface area contributed by atoms with Gasteiger partial charge in [0.2, 0.25) is 11.8 Å². The second-order valence-electron chi connectivity index (χ2n) is 6.19. The highest BCUT2D eigenvalue weighted by Gasteiger charge is 2.18. The first-order valence-electron chi connectivity index (χ1n) is 8.56. The molecule has 0 fully saturated rings.